The lowest BCUT2D eigenvalue weighted by Gasteiger charge is -2.31. The summed E-state index contributed by atoms with van der Waals surface area (Å²) >= 11 is 1.11. The van der Waals surface area contributed by atoms with Gasteiger partial charge in [-0.2, -0.15) is 4.31 Å². The molecule has 1 saturated heterocycles. The zero-order valence-electron chi connectivity index (χ0n) is 17.5. The maximum atomic E-state index is 13.0. The summed E-state index contributed by atoms with van der Waals surface area (Å²) < 4.78 is 56.3. The first-order chi connectivity index (χ1) is 14.6. The van der Waals surface area contributed by atoms with Crippen LogP contribution in [0.5, 0.6) is 0 Å². The molecule has 0 amide bonds. The molecule has 0 atom stereocenters. The lowest BCUT2D eigenvalue weighted by Crippen LogP contribution is -2.46. The van der Waals surface area contributed by atoms with E-state index in [2.05, 4.69) is 14.6 Å². The second-order valence-corrected chi connectivity index (χ2v) is 12.3. The molecule has 1 fully saturated rings. The van der Waals surface area contributed by atoms with Crippen LogP contribution in [-0.2, 0) is 20.0 Å². The summed E-state index contributed by atoms with van der Waals surface area (Å²) in [5.41, 5.74) is 2.17. The molecule has 0 saturated carbocycles. The summed E-state index contributed by atoms with van der Waals surface area (Å²) in [6.07, 6.45) is 0. The van der Waals surface area contributed by atoms with Crippen molar-refractivity contribution in [1.82, 2.24) is 14.2 Å². The van der Waals surface area contributed by atoms with Gasteiger partial charge in [-0.3, -0.25) is 4.72 Å². The summed E-state index contributed by atoms with van der Waals surface area (Å²) in [6, 6.07) is 9.83. The average Bonchev–Trinajstić information content (AvgIpc) is 3.08. The number of benzene rings is 2. The van der Waals surface area contributed by atoms with E-state index in [-0.39, 0.29) is 14.9 Å². The van der Waals surface area contributed by atoms with Crippen LogP contribution < -0.4 is 4.72 Å². The Kier molecular flexibility index (Phi) is 5.81. The number of rotatable bonds is 5. The Labute approximate surface area is 186 Å². The minimum atomic E-state index is -3.80. The van der Waals surface area contributed by atoms with Gasteiger partial charge in [0.05, 0.1) is 20.0 Å². The normalized spacial score (nSPS) is 16.6. The highest BCUT2D eigenvalue weighted by molar-refractivity contribution is 7.93. The van der Waals surface area contributed by atoms with Gasteiger partial charge in [0.2, 0.25) is 10.0 Å². The maximum Gasteiger partial charge on any atom is 0.263 e. The molecule has 0 spiro atoms. The van der Waals surface area contributed by atoms with E-state index in [9.17, 15) is 16.8 Å². The molecule has 166 valence electrons. The molecule has 1 aliphatic heterocycles. The number of nitrogens with one attached hydrogen (secondary N) is 1. The molecular formula is C20H24N4O4S3. The lowest BCUT2D eigenvalue weighted by molar-refractivity contribution is 0.222. The number of hydrogen-bond acceptors (Lipinski definition) is 7. The van der Waals surface area contributed by atoms with Crippen molar-refractivity contribution in [2.45, 2.75) is 23.6 Å². The largest absolute Gasteiger partial charge is 0.304 e. The number of fused-ring (bicyclic) bond motifs is 1. The van der Waals surface area contributed by atoms with Crippen molar-refractivity contribution in [2.75, 3.05) is 37.9 Å². The summed E-state index contributed by atoms with van der Waals surface area (Å²) in [5.74, 6) is 0. The zero-order valence-corrected chi connectivity index (χ0v) is 19.9. The molecule has 31 heavy (non-hydrogen) atoms. The molecule has 11 heteroatoms. The van der Waals surface area contributed by atoms with Crippen LogP contribution in [0.15, 0.2) is 46.2 Å². The number of likely N-dealkylation sites (N-methyl/N-ethyl adjacent to an activating group) is 1. The topological polar surface area (TPSA) is 99.7 Å². The predicted octanol–water partition coefficient (Wildman–Crippen LogP) is 2.65. The van der Waals surface area contributed by atoms with Crippen molar-refractivity contribution >= 4 is 46.7 Å². The number of hydrogen-bond donors (Lipinski definition) is 1. The van der Waals surface area contributed by atoms with Crippen LogP contribution in [0.4, 0.5) is 5.13 Å². The first-order valence-electron chi connectivity index (χ1n) is 9.76. The number of sulfonamides is 2. The third kappa shape index (κ3) is 4.46. The van der Waals surface area contributed by atoms with E-state index in [1.807, 2.05) is 20.0 Å². The van der Waals surface area contributed by atoms with Gasteiger partial charge in [0, 0.05) is 26.2 Å². The van der Waals surface area contributed by atoms with Gasteiger partial charge in [-0.25, -0.2) is 21.8 Å². The highest BCUT2D eigenvalue weighted by Crippen LogP contribution is 2.31. The number of piperazine rings is 1. The molecule has 0 radical (unpaired) electrons. The monoisotopic (exact) mass is 480 g/mol. The number of anilines is 1. The second kappa shape index (κ2) is 8.14. The van der Waals surface area contributed by atoms with E-state index in [4.69, 9.17) is 0 Å². The van der Waals surface area contributed by atoms with Gasteiger partial charge in [0.15, 0.2) is 5.13 Å². The summed E-state index contributed by atoms with van der Waals surface area (Å²) in [7, 11) is -5.44. The summed E-state index contributed by atoms with van der Waals surface area (Å²) in [5, 5.41) is 0.198. The maximum absolute atomic E-state index is 13.0. The van der Waals surface area contributed by atoms with E-state index in [0.717, 1.165) is 16.9 Å². The van der Waals surface area contributed by atoms with Gasteiger partial charge in [-0.1, -0.05) is 29.0 Å². The molecule has 2 heterocycles. The highest BCUT2D eigenvalue weighted by atomic mass is 32.2. The first kappa shape index (κ1) is 22.2. The van der Waals surface area contributed by atoms with Gasteiger partial charge in [0.25, 0.3) is 10.0 Å². The van der Waals surface area contributed by atoms with Crippen molar-refractivity contribution in [2.24, 2.45) is 0 Å². The number of aryl methyl sites for hydroxylation is 2. The molecule has 0 bridgehead atoms. The van der Waals surface area contributed by atoms with Gasteiger partial charge in [-0.05, 0) is 50.7 Å². The van der Waals surface area contributed by atoms with E-state index in [1.54, 1.807) is 31.2 Å². The van der Waals surface area contributed by atoms with E-state index in [1.165, 1.54) is 10.4 Å². The second-order valence-electron chi connectivity index (χ2n) is 7.73. The molecule has 0 aliphatic carbocycles. The predicted molar refractivity (Wildman–Crippen MR) is 123 cm³/mol. The van der Waals surface area contributed by atoms with Crippen LogP contribution in [-0.4, -0.2) is 64.3 Å². The van der Waals surface area contributed by atoms with Crippen molar-refractivity contribution in [3.05, 3.63) is 47.5 Å². The summed E-state index contributed by atoms with van der Waals surface area (Å²) in [6.45, 7) is 5.91. The minimum Gasteiger partial charge on any atom is -0.304 e. The quantitative estimate of drug-likeness (QED) is 0.603. The molecule has 4 rings (SSSR count). The molecule has 1 aromatic heterocycles. The Balaban J connectivity index is 1.62. The van der Waals surface area contributed by atoms with Crippen LogP contribution in [0.3, 0.4) is 0 Å². The average molecular weight is 481 g/mol. The lowest BCUT2D eigenvalue weighted by atomic mass is 10.2. The van der Waals surface area contributed by atoms with Crippen molar-refractivity contribution in [1.29, 1.82) is 0 Å². The Morgan fingerprint density at radius 1 is 0.968 bits per heavy atom. The van der Waals surface area contributed by atoms with E-state index >= 15 is 0 Å². The standard InChI is InChI=1S/C20H24N4O4S3/c1-14-4-7-19(15(2)12-14)30(25,26)22-20-21-17-6-5-16(13-18(17)29-20)31(27,28)24-10-8-23(3)9-11-24/h4-7,12-13H,8-11H2,1-3H3,(H,21,22). The third-order valence-corrected chi connectivity index (χ3v) is 9.76. The molecule has 1 N–H and O–H groups in total. The van der Waals surface area contributed by atoms with Crippen LogP contribution in [0.1, 0.15) is 11.1 Å². The van der Waals surface area contributed by atoms with Crippen LogP contribution in [0.2, 0.25) is 0 Å². The fourth-order valence-corrected chi connectivity index (χ4v) is 7.45. The highest BCUT2D eigenvalue weighted by Gasteiger charge is 2.28. The third-order valence-electron chi connectivity index (χ3n) is 5.30. The molecule has 2 aromatic carbocycles. The number of aromatic nitrogens is 1. The zero-order chi connectivity index (χ0) is 22.4. The SMILES string of the molecule is Cc1ccc(S(=O)(=O)Nc2nc3ccc(S(=O)(=O)N4CCN(C)CC4)cc3s2)c(C)c1. The van der Waals surface area contributed by atoms with Crippen LogP contribution in [0, 0.1) is 13.8 Å². The van der Waals surface area contributed by atoms with Gasteiger partial charge >= 0.3 is 0 Å². The van der Waals surface area contributed by atoms with E-state index in [0.29, 0.717) is 42.0 Å². The van der Waals surface area contributed by atoms with Crippen molar-refractivity contribution in [3.63, 3.8) is 0 Å². The van der Waals surface area contributed by atoms with Crippen molar-refractivity contribution < 1.29 is 16.8 Å². The Morgan fingerprint density at radius 2 is 1.68 bits per heavy atom. The fraction of sp³-hybridized carbons (Fsp3) is 0.350. The minimum absolute atomic E-state index is 0.190. The fourth-order valence-electron chi connectivity index (χ4n) is 3.56. The number of nitrogens with zero attached hydrogens (tertiary/aromatic N) is 3. The molecule has 8 nitrogen and oxygen atoms in total. The van der Waals surface area contributed by atoms with Crippen molar-refractivity contribution in [3.8, 4) is 0 Å². The Morgan fingerprint density at radius 3 is 2.35 bits per heavy atom. The molecule has 3 aromatic rings. The van der Waals surface area contributed by atoms with Crippen LogP contribution in [0.25, 0.3) is 10.2 Å². The Hall–Kier alpha value is -2.05. The first-order valence-corrected chi connectivity index (χ1v) is 13.5. The van der Waals surface area contributed by atoms with E-state index < -0.39 is 20.0 Å². The molecule has 1 aliphatic rings. The van der Waals surface area contributed by atoms with Gasteiger partial charge in [-0.15, -0.1) is 0 Å². The van der Waals surface area contributed by atoms with Crippen LogP contribution >= 0.6 is 11.3 Å². The van der Waals surface area contributed by atoms with Gasteiger partial charge in [0.1, 0.15) is 0 Å². The number of thiazole rings is 1. The van der Waals surface area contributed by atoms with Gasteiger partial charge < -0.3 is 4.90 Å². The molecular weight excluding hydrogens is 456 g/mol. The molecule has 0 unspecified atom stereocenters. The smallest absolute Gasteiger partial charge is 0.263 e. The summed E-state index contributed by atoms with van der Waals surface area (Å²) in [4.78, 5) is 6.80. The Bertz CT molecular complexity index is 1340.